The minimum atomic E-state index is 0.898. The van der Waals surface area contributed by atoms with Gasteiger partial charge in [-0.3, -0.25) is 4.79 Å². The van der Waals surface area contributed by atoms with Gasteiger partial charge in [0.15, 0.2) is 5.62 Å². The molecule has 0 fully saturated rings. The SMILES string of the molecule is C/C=C(/C=C(SC=O)/C(C)=C/CC)c1cc(C)ccc1C. The third-order valence-corrected chi connectivity index (χ3v) is 4.17. The minimum Gasteiger partial charge on any atom is -0.291 e. The van der Waals surface area contributed by atoms with Crippen LogP contribution in [-0.4, -0.2) is 5.62 Å². The molecule has 2 heteroatoms. The van der Waals surface area contributed by atoms with Crippen molar-refractivity contribution in [2.24, 2.45) is 0 Å². The van der Waals surface area contributed by atoms with E-state index >= 15 is 0 Å². The van der Waals surface area contributed by atoms with Crippen LogP contribution in [0, 0.1) is 13.8 Å². The van der Waals surface area contributed by atoms with Crippen molar-refractivity contribution >= 4 is 23.0 Å². The Morgan fingerprint density at radius 2 is 2.00 bits per heavy atom. The summed E-state index contributed by atoms with van der Waals surface area (Å²) in [4.78, 5) is 11.9. The molecule has 0 atom stereocenters. The fourth-order valence-electron chi connectivity index (χ4n) is 2.20. The lowest BCUT2D eigenvalue weighted by Crippen LogP contribution is -1.90. The first kappa shape index (κ1) is 17.5. The highest BCUT2D eigenvalue weighted by Gasteiger charge is 2.06. The van der Waals surface area contributed by atoms with Gasteiger partial charge in [0.25, 0.3) is 0 Å². The molecule has 1 aromatic rings. The number of carbonyl (C=O) groups excluding carboxylic acids is 1. The molecule has 0 bridgehead atoms. The van der Waals surface area contributed by atoms with Crippen LogP contribution in [0.4, 0.5) is 0 Å². The maximum Gasteiger partial charge on any atom is 0.180 e. The molecule has 21 heavy (non-hydrogen) atoms. The quantitative estimate of drug-likeness (QED) is 0.482. The Morgan fingerprint density at radius 3 is 2.57 bits per heavy atom. The topological polar surface area (TPSA) is 17.1 Å². The van der Waals surface area contributed by atoms with E-state index in [9.17, 15) is 4.79 Å². The predicted molar refractivity (Wildman–Crippen MR) is 96.0 cm³/mol. The van der Waals surface area contributed by atoms with Gasteiger partial charge < -0.3 is 0 Å². The molecule has 0 amide bonds. The smallest absolute Gasteiger partial charge is 0.180 e. The second-order valence-corrected chi connectivity index (χ2v) is 5.95. The number of carbonyl (C=O) groups is 1. The molecule has 0 aromatic heterocycles. The zero-order valence-electron chi connectivity index (χ0n) is 13.6. The number of hydrogen-bond acceptors (Lipinski definition) is 2. The number of benzene rings is 1. The molecule has 1 nitrogen and oxygen atoms in total. The Morgan fingerprint density at radius 1 is 1.29 bits per heavy atom. The van der Waals surface area contributed by atoms with Gasteiger partial charge >= 0.3 is 0 Å². The van der Waals surface area contributed by atoms with E-state index in [1.165, 1.54) is 28.5 Å². The van der Waals surface area contributed by atoms with Gasteiger partial charge in [-0.1, -0.05) is 54.6 Å². The highest BCUT2D eigenvalue weighted by atomic mass is 32.2. The number of rotatable bonds is 6. The van der Waals surface area contributed by atoms with E-state index in [0.717, 1.165) is 28.1 Å². The Kier molecular flexibility index (Phi) is 7.24. The molecule has 0 saturated heterocycles. The lowest BCUT2D eigenvalue weighted by molar-refractivity contribution is 0.570. The third kappa shape index (κ3) is 5.05. The normalized spacial score (nSPS) is 13.5. The highest BCUT2D eigenvalue weighted by Crippen LogP contribution is 2.29. The first-order valence-corrected chi connectivity index (χ1v) is 8.14. The van der Waals surface area contributed by atoms with E-state index in [0.29, 0.717) is 0 Å². The highest BCUT2D eigenvalue weighted by molar-refractivity contribution is 8.15. The average Bonchev–Trinajstić information content (AvgIpc) is 2.46. The number of aryl methyl sites for hydroxylation is 2. The first-order valence-electron chi connectivity index (χ1n) is 7.26. The maximum atomic E-state index is 10.9. The fourth-order valence-corrected chi connectivity index (χ4v) is 2.77. The zero-order valence-corrected chi connectivity index (χ0v) is 14.4. The number of thioether (sulfide) groups is 1. The summed E-state index contributed by atoms with van der Waals surface area (Å²) in [5, 5.41) is 0. The van der Waals surface area contributed by atoms with Gasteiger partial charge in [0.2, 0.25) is 0 Å². The van der Waals surface area contributed by atoms with Gasteiger partial charge in [-0.15, -0.1) is 0 Å². The van der Waals surface area contributed by atoms with E-state index in [-0.39, 0.29) is 0 Å². The summed E-state index contributed by atoms with van der Waals surface area (Å²) in [6.45, 7) is 10.4. The molecule has 0 saturated carbocycles. The molecule has 0 unspecified atom stereocenters. The molecule has 0 heterocycles. The van der Waals surface area contributed by atoms with Crippen molar-refractivity contribution in [3.63, 3.8) is 0 Å². The fraction of sp³-hybridized carbons (Fsp3) is 0.316. The second-order valence-electron chi connectivity index (χ2n) is 5.08. The second kappa shape index (κ2) is 8.68. The van der Waals surface area contributed by atoms with E-state index in [4.69, 9.17) is 0 Å². The largest absolute Gasteiger partial charge is 0.291 e. The average molecular weight is 300 g/mol. The zero-order chi connectivity index (χ0) is 15.8. The summed E-state index contributed by atoms with van der Waals surface area (Å²) < 4.78 is 0. The minimum absolute atomic E-state index is 0.898. The Hall–Kier alpha value is -1.54. The van der Waals surface area contributed by atoms with Crippen LogP contribution in [0.3, 0.4) is 0 Å². The van der Waals surface area contributed by atoms with Crippen LogP contribution in [0.1, 0.15) is 43.9 Å². The molecule has 0 aliphatic rings. The molecule has 0 radical (unpaired) electrons. The van der Waals surface area contributed by atoms with Crippen molar-refractivity contribution in [2.45, 2.75) is 41.0 Å². The van der Waals surface area contributed by atoms with E-state index in [1.54, 1.807) is 0 Å². The van der Waals surface area contributed by atoms with E-state index in [1.807, 2.05) is 6.92 Å². The summed E-state index contributed by atoms with van der Waals surface area (Å²) in [5.41, 5.74) is 6.93. The lowest BCUT2D eigenvalue weighted by Gasteiger charge is -2.11. The van der Waals surface area contributed by atoms with Crippen molar-refractivity contribution in [3.05, 3.63) is 63.6 Å². The Bertz CT molecular complexity index is 592. The maximum absolute atomic E-state index is 10.9. The molecule has 0 N–H and O–H groups in total. The summed E-state index contributed by atoms with van der Waals surface area (Å²) in [6, 6.07) is 6.46. The van der Waals surface area contributed by atoms with Gasteiger partial charge in [-0.2, -0.15) is 0 Å². The molecule has 0 spiro atoms. The number of hydrogen-bond donors (Lipinski definition) is 0. The van der Waals surface area contributed by atoms with Crippen LogP contribution in [0.5, 0.6) is 0 Å². The standard InChI is InChI=1S/C19H24OS/c1-6-8-16(5)19(21-13-20)12-17(7-2)18-11-14(3)9-10-15(18)4/h7-13H,6H2,1-5H3/b16-8+,17-7-,19-12-. The summed E-state index contributed by atoms with van der Waals surface area (Å²) in [7, 11) is 0. The van der Waals surface area contributed by atoms with Gasteiger partial charge in [0, 0.05) is 4.91 Å². The van der Waals surface area contributed by atoms with Crippen LogP contribution < -0.4 is 0 Å². The van der Waals surface area contributed by atoms with Crippen molar-refractivity contribution in [1.82, 2.24) is 0 Å². The third-order valence-electron chi connectivity index (χ3n) is 3.38. The molecule has 112 valence electrons. The molecule has 1 aromatic carbocycles. The summed E-state index contributed by atoms with van der Waals surface area (Å²) in [5.74, 6) is 0. The van der Waals surface area contributed by atoms with Gasteiger partial charge in [-0.25, -0.2) is 0 Å². The molecule has 0 aliphatic heterocycles. The van der Waals surface area contributed by atoms with Crippen LogP contribution in [0.25, 0.3) is 5.57 Å². The molecular weight excluding hydrogens is 276 g/mol. The van der Waals surface area contributed by atoms with Crippen molar-refractivity contribution in [1.29, 1.82) is 0 Å². The van der Waals surface area contributed by atoms with Gasteiger partial charge in [0.1, 0.15) is 0 Å². The van der Waals surface area contributed by atoms with Crippen LogP contribution in [0.15, 0.2) is 46.9 Å². The van der Waals surface area contributed by atoms with Crippen LogP contribution in [-0.2, 0) is 4.79 Å². The van der Waals surface area contributed by atoms with Crippen molar-refractivity contribution in [2.75, 3.05) is 0 Å². The lowest BCUT2D eigenvalue weighted by atomic mass is 9.97. The van der Waals surface area contributed by atoms with E-state index < -0.39 is 0 Å². The van der Waals surface area contributed by atoms with Crippen molar-refractivity contribution < 1.29 is 4.79 Å². The number of allylic oxidation sites excluding steroid dienone is 5. The van der Waals surface area contributed by atoms with Crippen molar-refractivity contribution in [3.8, 4) is 0 Å². The van der Waals surface area contributed by atoms with Crippen LogP contribution in [0.2, 0.25) is 0 Å². The molecular formula is C19H24OS. The first-order chi connectivity index (χ1) is 10.0. The Balaban J connectivity index is 3.31. The van der Waals surface area contributed by atoms with Gasteiger partial charge in [0.05, 0.1) is 0 Å². The Labute approximate surface area is 132 Å². The summed E-state index contributed by atoms with van der Waals surface area (Å²) >= 11 is 1.24. The van der Waals surface area contributed by atoms with Gasteiger partial charge in [-0.05, 0) is 62.5 Å². The summed E-state index contributed by atoms with van der Waals surface area (Å²) in [6.07, 6.45) is 7.34. The predicted octanol–water partition coefficient (Wildman–Crippen LogP) is 5.87. The van der Waals surface area contributed by atoms with E-state index in [2.05, 4.69) is 64.1 Å². The molecule has 1 rings (SSSR count). The molecule has 0 aliphatic carbocycles. The monoisotopic (exact) mass is 300 g/mol. The van der Waals surface area contributed by atoms with Crippen LogP contribution >= 0.6 is 11.8 Å².